The molecule has 0 unspecified atom stereocenters. The number of nitrogens with one attached hydrogen (secondary N) is 1. The van der Waals surface area contributed by atoms with E-state index in [1.54, 1.807) is 0 Å². The number of carbonyl (C=O) groups is 2. The van der Waals surface area contributed by atoms with E-state index in [0.29, 0.717) is 25.6 Å². The van der Waals surface area contributed by atoms with Crippen molar-refractivity contribution in [2.24, 2.45) is 5.92 Å². The maximum absolute atomic E-state index is 13.3. The van der Waals surface area contributed by atoms with Crippen LogP contribution in [0.2, 0.25) is 0 Å². The van der Waals surface area contributed by atoms with Gasteiger partial charge in [0.2, 0.25) is 5.91 Å². The van der Waals surface area contributed by atoms with Gasteiger partial charge in [-0.15, -0.1) is 11.3 Å². The van der Waals surface area contributed by atoms with Crippen LogP contribution in [0.25, 0.3) is 0 Å². The van der Waals surface area contributed by atoms with Crippen LogP contribution in [-0.2, 0) is 11.3 Å². The van der Waals surface area contributed by atoms with Gasteiger partial charge < -0.3 is 10.2 Å². The summed E-state index contributed by atoms with van der Waals surface area (Å²) < 4.78 is 0. The average molecular weight is 426 g/mol. The Bertz CT molecular complexity index is 853. The fraction of sp³-hybridized carbons (Fsp3) is 0.500. The normalized spacial score (nSPS) is 19.0. The lowest BCUT2D eigenvalue weighted by Crippen LogP contribution is -2.57. The summed E-state index contributed by atoms with van der Waals surface area (Å²) in [6.45, 7) is 5.53. The second-order valence-electron chi connectivity index (χ2n) is 8.50. The lowest BCUT2D eigenvalue weighted by Gasteiger charge is -2.40. The highest BCUT2D eigenvalue weighted by atomic mass is 32.1. The van der Waals surface area contributed by atoms with Crippen molar-refractivity contribution in [1.82, 2.24) is 15.1 Å². The molecule has 1 aliphatic carbocycles. The summed E-state index contributed by atoms with van der Waals surface area (Å²) in [6.07, 6.45) is 4.67. The van der Waals surface area contributed by atoms with Gasteiger partial charge in [0.1, 0.15) is 0 Å². The molecule has 4 rings (SSSR count). The minimum absolute atomic E-state index is 0.0868. The fourth-order valence-corrected chi connectivity index (χ4v) is 5.52. The van der Waals surface area contributed by atoms with Gasteiger partial charge in [-0.25, -0.2) is 0 Å². The molecule has 1 aromatic heterocycles. The molecular formula is C24H31N3O2S. The van der Waals surface area contributed by atoms with Crippen molar-refractivity contribution in [3.05, 3.63) is 57.8 Å². The molecule has 0 spiro atoms. The number of amides is 2. The molecule has 2 aliphatic rings. The molecule has 2 fully saturated rings. The number of benzene rings is 1. The van der Waals surface area contributed by atoms with Crippen molar-refractivity contribution in [3.8, 4) is 0 Å². The van der Waals surface area contributed by atoms with E-state index in [1.807, 2.05) is 28.5 Å². The van der Waals surface area contributed by atoms with Gasteiger partial charge in [0.05, 0.1) is 10.9 Å². The van der Waals surface area contributed by atoms with E-state index in [-0.39, 0.29) is 17.9 Å². The summed E-state index contributed by atoms with van der Waals surface area (Å²) in [4.78, 5) is 31.0. The van der Waals surface area contributed by atoms with Crippen molar-refractivity contribution < 1.29 is 9.59 Å². The van der Waals surface area contributed by atoms with Crippen LogP contribution < -0.4 is 5.32 Å². The molecule has 1 saturated heterocycles. The number of thiophene rings is 1. The second kappa shape index (κ2) is 9.75. The molecule has 2 heterocycles. The molecular weight excluding hydrogens is 394 g/mol. The van der Waals surface area contributed by atoms with Gasteiger partial charge in [-0.1, -0.05) is 48.7 Å². The lowest BCUT2D eigenvalue weighted by atomic mass is 9.95. The highest BCUT2D eigenvalue weighted by Crippen LogP contribution is 2.31. The Morgan fingerprint density at radius 1 is 1.10 bits per heavy atom. The summed E-state index contributed by atoms with van der Waals surface area (Å²) in [5.41, 5.74) is 2.35. The highest BCUT2D eigenvalue weighted by molar-refractivity contribution is 7.12. The number of piperazine rings is 1. The van der Waals surface area contributed by atoms with Crippen LogP contribution >= 0.6 is 11.3 Å². The molecule has 1 aromatic carbocycles. The molecule has 30 heavy (non-hydrogen) atoms. The van der Waals surface area contributed by atoms with Gasteiger partial charge in [-0.05, 0) is 42.7 Å². The Morgan fingerprint density at radius 3 is 2.53 bits per heavy atom. The van der Waals surface area contributed by atoms with E-state index in [0.717, 1.165) is 36.4 Å². The zero-order chi connectivity index (χ0) is 20.9. The SMILES string of the molecule is Cc1cccc(CNC(=O)[C@H](C2CCCC2)N2CCN(C(=O)c3cccs3)CC2)c1. The maximum Gasteiger partial charge on any atom is 0.264 e. The zero-order valence-corrected chi connectivity index (χ0v) is 18.5. The predicted octanol–water partition coefficient (Wildman–Crippen LogP) is 3.69. The molecule has 1 N–H and O–H groups in total. The second-order valence-corrected chi connectivity index (χ2v) is 9.45. The van der Waals surface area contributed by atoms with Crippen molar-refractivity contribution in [1.29, 1.82) is 0 Å². The third-order valence-electron chi connectivity index (χ3n) is 6.39. The van der Waals surface area contributed by atoms with Crippen LogP contribution in [0.15, 0.2) is 41.8 Å². The molecule has 2 amide bonds. The third kappa shape index (κ3) is 4.93. The smallest absolute Gasteiger partial charge is 0.264 e. The molecule has 5 nitrogen and oxygen atoms in total. The molecule has 160 valence electrons. The van der Waals surface area contributed by atoms with E-state index in [2.05, 4.69) is 35.3 Å². The minimum atomic E-state index is -0.0868. The molecule has 6 heteroatoms. The summed E-state index contributed by atoms with van der Waals surface area (Å²) in [6, 6.07) is 12.0. The highest BCUT2D eigenvalue weighted by Gasteiger charge is 2.37. The van der Waals surface area contributed by atoms with Gasteiger partial charge in [0.25, 0.3) is 5.91 Å². The number of nitrogens with zero attached hydrogens (tertiary/aromatic N) is 2. The Kier molecular flexibility index (Phi) is 6.85. The van der Waals surface area contributed by atoms with Gasteiger partial charge in [-0.2, -0.15) is 0 Å². The number of carbonyl (C=O) groups excluding carboxylic acids is 2. The van der Waals surface area contributed by atoms with Gasteiger partial charge in [0.15, 0.2) is 0 Å². The van der Waals surface area contributed by atoms with Crippen LogP contribution in [-0.4, -0.2) is 53.8 Å². The van der Waals surface area contributed by atoms with E-state index in [1.165, 1.54) is 29.7 Å². The molecule has 0 bridgehead atoms. The maximum atomic E-state index is 13.3. The van der Waals surface area contributed by atoms with Crippen LogP contribution in [0.5, 0.6) is 0 Å². The first-order valence-electron chi connectivity index (χ1n) is 11.0. The van der Waals surface area contributed by atoms with E-state index in [9.17, 15) is 9.59 Å². The first-order valence-corrected chi connectivity index (χ1v) is 11.9. The van der Waals surface area contributed by atoms with Gasteiger partial charge >= 0.3 is 0 Å². The Balaban J connectivity index is 1.38. The van der Waals surface area contributed by atoms with Crippen molar-refractivity contribution in [2.45, 2.75) is 45.2 Å². The van der Waals surface area contributed by atoms with E-state index in [4.69, 9.17) is 0 Å². The lowest BCUT2D eigenvalue weighted by molar-refractivity contribution is -0.129. The zero-order valence-electron chi connectivity index (χ0n) is 17.7. The van der Waals surface area contributed by atoms with Crippen LogP contribution in [0, 0.1) is 12.8 Å². The van der Waals surface area contributed by atoms with Crippen LogP contribution in [0.4, 0.5) is 0 Å². The molecule has 2 aromatic rings. The Labute approximate surface area is 183 Å². The van der Waals surface area contributed by atoms with Crippen molar-refractivity contribution in [2.75, 3.05) is 26.2 Å². The fourth-order valence-electron chi connectivity index (χ4n) is 4.83. The monoisotopic (exact) mass is 425 g/mol. The summed E-state index contributed by atoms with van der Waals surface area (Å²) in [7, 11) is 0. The first kappa shape index (κ1) is 21.1. The molecule has 1 aliphatic heterocycles. The largest absolute Gasteiger partial charge is 0.351 e. The number of hydrogen-bond donors (Lipinski definition) is 1. The minimum Gasteiger partial charge on any atom is -0.351 e. The average Bonchev–Trinajstić information content (AvgIpc) is 3.47. The Hall–Kier alpha value is -2.18. The topological polar surface area (TPSA) is 52.7 Å². The van der Waals surface area contributed by atoms with Gasteiger partial charge in [-0.3, -0.25) is 14.5 Å². The van der Waals surface area contributed by atoms with Gasteiger partial charge in [0, 0.05) is 32.7 Å². The standard InChI is InChI=1S/C24H31N3O2S/c1-18-6-4-7-19(16-18)17-25-23(28)22(20-8-2-3-9-20)26-11-13-27(14-12-26)24(29)21-10-5-15-30-21/h4-7,10,15-16,20,22H,2-3,8-9,11-14,17H2,1H3,(H,25,28)/t22-/m0/s1. The first-order chi connectivity index (χ1) is 14.6. The molecule has 1 saturated carbocycles. The summed E-state index contributed by atoms with van der Waals surface area (Å²) >= 11 is 1.49. The van der Waals surface area contributed by atoms with Crippen molar-refractivity contribution >= 4 is 23.2 Å². The van der Waals surface area contributed by atoms with Crippen LogP contribution in [0.1, 0.15) is 46.5 Å². The number of hydrogen-bond acceptors (Lipinski definition) is 4. The van der Waals surface area contributed by atoms with E-state index < -0.39 is 0 Å². The number of rotatable bonds is 6. The molecule has 0 radical (unpaired) electrons. The third-order valence-corrected chi connectivity index (χ3v) is 7.25. The van der Waals surface area contributed by atoms with Crippen molar-refractivity contribution in [3.63, 3.8) is 0 Å². The summed E-state index contributed by atoms with van der Waals surface area (Å²) in [5.74, 6) is 0.675. The predicted molar refractivity (Wildman–Crippen MR) is 121 cm³/mol. The molecule has 1 atom stereocenters. The summed E-state index contributed by atoms with van der Waals surface area (Å²) in [5, 5.41) is 5.14. The Morgan fingerprint density at radius 2 is 1.87 bits per heavy atom. The van der Waals surface area contributed by atoms with Crippen LogP contribution in [0.3, 0.4) is 0 Å². The number of aryl methyl sites for hydroxylation is 1. The quantitative estimate of drug-likeness (QED) is 0.768. The van der Waals surface area contributed by atoms with E-state index >= 15 is 0 Å².